The first-order valence-corrected chi connectivity index (χ1v) is 22.5. The molecule has 0 unspecified atom stereocenters. The Hall–Kier alpha value is -6.94. The topological polar surface area (TPSA) is 16.4 Å². The summed E-state index contributed by atoms with van der Waals surface area (Å²) in [5.74, 6) is 0.577. The summed E-state index contributed by atoms with van der Waals surface area (Å²) in [7, 11) is 0. The van der Waals surface area contributed by atoms with Crippen LogP contribution in [0.3, 0.4) is 0 Å². The van der Waals surface area contributed by atoms with Gasteiger partial charge < -0.3 is 9.32 Å². The Morgan fingerprint density at radius 2 is 1.05 bits per heavy atom. The lowest BCUT2D eigenvalue weighted by molar-refractivity contribution is 0.445. The van der Waals surface area contributed by atoms with Gasteiger partial charge in [0.25, 0.3) is 0 Å². The van der Waals surface area contributed by atoms with Crippen LogP contribution in [0.4, 0.5) is 17.1 Å². The minimum Gasteiger partial charge on any atom is -0.456 e. The van der Waals surface area contributed by atoms with E-state index in [0.29, 0.717) is 5.92 Å². The molecule has 0 bridgehead atoms. The minimum absolute atomic E-state index is 0.577. The van der Waals surface area contributed by atoms with Gasteiger partial charge in [0.05, 0.1) is 11.4 Å². The second kappa shape index (κ2) is 15.0. The Morgan fingerprint density at radius 3 is 1.90 bits per heavy atom. The van der Waals surface area contributed by atoms with Crippen LogP contribution >= 0.6 is 11.3 Å². The molecule has 0 radical (unpaired) electrons. The molecule has 1 fully saturated rings. The molecule has 2 heterocycles. The Labute approximate surface area is 360 Å². The Bertz CT molecular complexity index is 3410. The predicted molar refractivity (Wildman–Crippen MR) is 261 cm³/mol. The van der Waals surface area contributed by atoms with Crippen molar-refractivity contribution < 1.29 is 4.42 Å². The fraction of sp³-hybridized carbons (Fsp3) is 0.103. The van der Waals surface area contributed by atoms with E-state index in [-0.39, 0.29) is 0 Å². The van der Waals surface area contributed by atoms with Crippen LogP contribution in [0.2, 0.25) is 0 Å². The van der Waals surface area contributed by atoms with E-state index < -0.39 is 0 Å². The van der Waals surface area contributed by atoms with Gasteiger partial charge in [-0.05, 0) is 112 Å². The molecule has 1 saturated carbocycles. The third kappa shape index (κ3) is 6.14. The lowest BCUT2D eigenvalue weighted by Gasteiger charge is -2.31. The van der Waals surface area contributed by atoms with Crippen molar-refractivity contribution in [3.63, 3.8) is 0 Å². The van der Waals surface area contributed by atoms with E-state index in [9.17, 15) is 0 Å². The fourth-order valence-electron chi connectivity index (χ4n) is 10.3. The van der Waals surface area contributed by atoms with E-state index in [1.54, 1.807) is 0 Å². The number of benzene rings is 9. The fourth-order valence-corrected chi connectivity index (χ4v) is 11.4. The van der Waals surface area contributed by atoms with Crippen molar-refractivity contribution in [2.45, 2.75) is 38.0 Å². The minimum atomic E-state index is 0.577. The smallest absolute Gasteiger partial charge is 0.136 e. The maximum atomic E-state index is 6.46. The average Bonchev–Trinajstić information content (AvgIpc) is 3.90. The summed E-state index contributed by atoms with van der Waals surface area (Å²) in [5.41, 5.74) is 13.9. The third-order valence-corrected chi connectivity index (χ3v) is 14.2. The van der Waals surface area contributed by atoms with Crippen LogP contribution < -0.4 is 4.90 Å². The standard InChI is InChI=1S/C58H43NOS/c1-2-15-38(16-3-1)44-23-12-17-40-18-13-25-49(57(40)44)46-20-5-9-27-52(46)59(42-34-31-39(32-35-42)45-24-14-30-56-58(45)50-22-7-11-29-55(50)61-56)51-26-8-4-19-43(51)41-33-36-48-47-21-6-10-28-53(47)60-54(48)37-41/h4-14,17-38H,1-3,15-16H2. The van der Waals surface area contributed by atoms with Gasteiger partial charge in [-0.25, -0.2) is 0 Å². The van der Waals surface area contributed by atoms with Gasteiger partial charge in [0.15, 0.2) is 0 Å². The molecule has 9 aromatic carbocycles. The predicted octanol–water partition coefficient (Wildman–Crippen LogP) is 17.6. The zero-order valence-electron chi connectivity index (χ0n) is 33.9. The molecular formula is C58H43NOS. The highest BCUT2D eigenvalue weighted by molar-refractivity contribution is 7.25. The first-order chi connectivity index (χ1) is 30.3. The summed E-state index contributed by atoms with van der Waals surface area (Å²) in [6.45, 7) is 0. The Kier molecular flexibility index (Phi) is 8.82. The van der Waals surface area contributed by atoms with Crippen LogP contribution in [0.25, 0.3) is 86.3 Å². The van der Waals surface area contributed by atoms with Crippen LogP contribution in [0.5, 0.6) is 0 Å². The van der Waals surface area contributed by atoms with Crippen molar-refractivity contribution >= 4 is 81.3 Å². The molecule has 0 atom stereocenters. The Balaban J connectivity index is 1.07. The molecule has 12 rings (SSSR count). The van der Waals surface area contributed by atoms with E-state index >= 15 is 0 Å². The van der Waals surface area contributed by atoms with Gasteiger partial charge in [-0.3, -0.25) is 0 Å². The molecular weight excluding hydrogens is 759 g/mol. The summed E-state index contributed by atoms with van der Waals surface area (Å²) in [6.07, 6.45) is 6.46. The highest BCUT2D eigenvalue weighted by Crippen LogP contribution is 2.49. The summed E-state index contributed by atoms with van der Waals surface area (Å²) in [4.78, 5) is 2.49. The van der Waals surface area contributed by atoms with Gasteiger partial charge >= 0.3 is 0 Å². The lowest BCUT2D eigenvalue weighted by Crippen LogP contribution is -2.12. The molecule has 292 valence electrons. The SMILES string of the molecule is c1ccc(N(c2ccc(-c3cccc4sc5ccccc5c34)cc2)c2ccccc2-c2cccc3cccc(C4CCCCC4)c23)c(-c2ccc3c(c2)oc2ccccc23)c1. The van der Waals surface area contributed by atoms with E-state index in [1.807, 2.05) is 17.4 Å². The molecule has 0 N–H and O–H groups in total. The molecule has 0 aliphatic heterocycles. The summed E-state index contributed by atoms with van der Waals surface area (Å²) < 4.78 is 9.09. The van der Waals surface area contributed by atoms with Crippen molar-refractivity contribution in [3.05, 3.63) is 200 Å². The lowest BCUT2D eigenvalue weighted by atomic mass is 9.80. The van der Waals surface area contributed by atoms with Gasteiger partial charge in [0.1, 0.15) is 11.2 Å². The van der Waals surface area contributed by atoms with Crippen LogP contribution in [0.15, 0.2) is 199 Å². The van der Waals surface area contributed by atoms with Crippen molar-refractivity contribution in [2.75, 3.05) is 4.90 Å². The monoisotopic (exact) mass is 801 g/mol. The highest BCUT2D eigenvalue weighted by Gasteiger charge is 2.24. The first kappa shape index (κ1) is 36.0. The van der Waals surface area contributed by atoms with E-state index in [2.05, 4.69) is 193 Å². The average molecular weight is 802 g/mol. The molecule has 0 amide bonds. The number of nitrogens with zero attached hydrogens (tertiary/aromatic N) is 1. The van der Waals surface area contributed by atoms with Gasteiger partial charge in [-0.15, -0.1) is 11.3 Å². The maximum absolute atomic E-state index is 6.46. The number of fused-ring (bicyclic) bond motifs is 7. The number of thiophene rings is 1. The van der Waals surface area contributed by atoms with Gasteiger partial charge in [0, 0.05) is 47.8 Å². The molecule has 1 aliphatic rings. The molecule has 61 heavy (non-hydrogen) atoms. The summed E-state index contributed by atoms with van der Waals surface area (Å²) in [5, 5.41) is 7.61. The molecule has 0 saturated heterocycles. The largest absolute Gasteiger partial charge is 0.456 e. The van der Waals surface area contributed by atoms with E-state index in [1.165, 1.54) is 90.9 Å². The Morgan fingerprint density at radius 1 is 0.426 bits per heavy atom. The number of rotatable bonds is 7. The van der Waals surface area contributed by atoms with Gasteiger partial charge in [0.2, 0.25) is 0 Å². The summed E-state index contributed by atoms with van der Waals surface area (Å²) in [6, 6.07) is 71.5. The van der Waals surface area contributed by atoms with E-state index in [4.69, 9.17) is 4.42 Å². The number of furan rings is 1. The van der Waals surface area contributed by atoms with Crippen LogP contribution in [-0.4, -0.2) is 0 Å². The van der Waals surface area contributed by atoms with Crippen molar-refractivity contribution in [1.29, 1.82) is 0 Å². The quantitative estimate of drug-likeness (QED) is 0.160. The number of hydrogen-bond acceptors (Lipinski definition) is 3. The molecule has 11 aromatic rings. The number of anilines is 3. The second-order valence-electron chi connectivity index (χ2n) is 16.6. The maximum Gasteiger partial charge on any atom is 0.136 e. The number of para-hydroxylation sites is 3. The zero-order valence-corrected chi connectivity index (χ0v) is 34.7. The zero-order chi connectivity index (χ0) is 40.3. The van der Waals surface area contributed by atoms with Crippen LogP contribution in [0, 0.1) is 0 Å². The third-order valence-electron chi connectivity index (χ3n) is 13.1. The molecule has 0 spiro atoms. The van der Waals surface area contributed by atoms with Crippen LogP contribution in [-0.2, 0) is 0 Å². The van der Waals surface area contributed by atoms with Crippen molar-refractivity contribution in [1.82, 2.24) is 0 Å². The summed E-state index contributed by atoms with van der Waals surface area (Å²) >= 11 is 1.87. The molecule has 2 nitrogen and oxygen atoms in total. The molecule has 3 heteroatoms. The highest BCUT2D eigenvalue weighted by atomic mass is 32.1. The van der Waals surface area contributed by atoms with Crippen LogP contribution in [0.1, 0.15) is 43.6 Å². The molecule has 2 aromatic heterocycles. The van der Waals surface area contributed by atoms with Crippen molar-refractivity contribution in [2.24, 2.45) is 0 Å². The molecule has 1 aliphatic carbocycles. The van der Waals surface area contributed by atoms with E-state index in [0.717, 1.165) is 50.1 Å². The second-order valence-corrected chi connectivity index (χ2v) is 17.7. The van der Waals surface area contributed by atoms with Gasteiger partial charge in [-0.2, -0.15) is 0 Å². The van der Waals surface area contributed by atoms with Gasteiger partial charge in [-0.1, -0.05) is 159 Å². The van der Waals surface area contributed by atoms with Crippen molar-refractivity contribution in [3.8, 4) is 33.4 Å². The number of hydrogen-bond donors (Lipinski definition) is 0. The normalized spacial score (nSPS) is 13.5. The first-order valence-electron chi connectivity index (χ1n) is 21.7.